The van der Waals surface area contributed by atoms with Crippen LogP contribution in [0.25, 0.3) is 25.9 Å². The maximum atomic E-state index is 8.86. The third kappa shape index (κ3) is 2.54. The van der Waals surface area contributed by atoms with E-state index in [2.05, 4.69) is 30.3 Å². The Morgan fingerprint density at radius 3 is 2.37 bits per heavy atom. The fourth-order valence-electron chi connectivity index (χ4n) is 3.52. The third-order valence-corrected chi connectivity index (χ3v) is 6.07. The predicted octanol–water partition coefficient (Wildman–Crippen LogP) is 5.84. The number of benzene rings is 3. The van der Waals surface area contributed by atoms with E-state index in [-0.39, 0.29) is 0 Å². The molecule has 2 heterocycles. The van der Waals surface area contributed by atoms with Crippen molar-refractivity contribution in [2.24, 2.45) is 0 Å². The SMILES string of the molecule is N=C(c1cn(-c2ccccc2)cc1N)c1cccc2c1sc1ccccc12. The van der Waals surface area contributed by atoms with E-state index in [1.165, 1.54) is 15.5 Å². The number of nitrogens with one attached hydrogen (secondary N) is 1. The third-order valence-electron chi connectivity index (χ3n) is 4.85. The molecular formula is C23H17N3S. The van der Waals surface area contributed by atoms with E-state index < -0.39 is 0 Å². The number of hydrogen-bond acceptors (Lipinski definition) is 3. The molecule has 130 valence electrons. The van der Waals surface area contributed by atoms with Crippen molar-refractivity contribution < 1.29 is 0 Å². The van der Waals surface area contributed by atoms with Crippen LogP contribution in [0.4, 0.5) is 5.69 Å². The summed E-state index contributed by atoms with van der Waals surface area (Å²) in [6, 6.07) is 24.6. The van der Waals surface area contributed by atoms with Crippen LogP contribution in [-0.4, -0.2) is 10.3 Å². The summed E-state index contributed by atoms with van der Waals surface area (Å²) in [4.78, 5) is 0. The van der Waals surface area contributed by atoms with Gasteiger partial charge in [-0.1, -0.05) is 54.6 Å². The average Bonchev–Trinajstić information content (AvgIpc) is 3.28. The quantitative estimate of drug-likeness (QED) is 0.387. The molecule has 3 nitrogen and oxygen atoms in total. The molecule has 3 N–H and O–H groups in total. The van der Waals surface area contributed by atoms with Gasteiger partial charge in [0.15, 0.2) is 0 Å². The van der Waals surface area contributed by atoms with Crippen LogP contribution in [-0.2, 0) is 0 Å². The molecule has 27 heavy (non-hydrogen) atoms. The monoisotopic (exact) mass is 367 g/mol. The smallest absolute Gasteiger partial charge is 0.0735 e. The fraction of sp³-hybridized carbons (Fsp3) is 0. The molecule has 0 aliphatic heterocycles. The number of hydrogen-bond donors (Lipinski definition) is 2. The highest BCUT2D eigenvalue weighted by molar-refractivity contribution is 7.26. The van der Waals surface area contributed by atoms with Gasteiger partial charge in [-0.15, -0.1) is 11.3 Å². The van der Waals surface area contributed by atoms with E-state index in [0.717, 1.165) is 21.5 Å². The van der Waals surface area contributed by atoms with Gasteiger partial charge in [-0.3, -0.25) is 5.41 Å². The van der Waals surface area contributed by atoms with Crippen molar-refractivity contribution in [3.05, 3.63) is 96.3 Å². The van der Waals surface area contributed by atoms with Crippen molar-refractivity contribution in [2.75, 3.05) is 5.73 Å². The number of nitrogen functional groups attached to an aromatic ring is 1. The first-order valence-corrected chi connectivity index (χ1v) is 9.56. The van der Waals surface area contributed by atoms with Crippen molar-refractivity contribution in [3.63, 3.8) is 0 Å². The first-order chi connectivity index (χ1) is 13.2. The summed E-state index contributed by atoms with van der Waals surface area (Å²) in [5, 5.41) is 11.3. The highest BCUT2D eigenvalue weighted by Crippen LogP contribution is 2.37. The van der Waals surface area contributed by atoms with Crippen molar-refractivity contribution in [1.82, 2.24) is 4.57 Å². The van der Waals surface area contributed by atoms with Crippen LogP contribution in [0.5, 0.6) is 0 Å². The fourth-order valence-corrected chi connectivity index (χ4v) is 4.74. The van der Waals surface area contributed by atoms with E-state index in [4.69, 9.17) is 11.1 Å². The van der Waals surface area contributed by atoms with Gasteiger partial charge < -0.3 is 10.3 Å². The maximum absolute atomic E-state index is 8.86. The van der Waals surface area contributed by atoms with Crippen LogP contribution in [0.1, 0.15) is 11.1 Å². The van der Waals surface area contributed by atoms with Gasteiger partial charge >= 0.3 is 0 Å². The second-order valence-electron chi connectivity index (χ2n) is 6.53. The van der Waals surface area contributed by atoms with Crippen LogP contribution >= 0.6 is 11.3 Å². The van der Waals surface area contributed by atoms with Gasteiger partial charge in [-0.2, -0.15) is 0 Å². The molecule has 0 aliphatic carbocycles. The highest BCUT2D eigenvalue weighted by atomic mass is 32.1. The number of fused-ring (bicyclic) bond motifs is 3. The predicted molar refractivity (Wildman–Crippen MR) is 115 cm³/mol. The molecule has 5 rings (SSSR count). The van der Waals surface area contributed by atoms with E-state index >= 15 is 0 Å². The molecule has 5 aromatic rings. The van der Waals surface area contributed by atoms with Crippen molar-refractivity contribution in [2.45, 2.75) is 0 Å². The van der Waals surface area contributed by atoms with Gasteiger partial charge in [-0.25, -0.2) is 0 Å². The van der Waals surface area contributed by atoms with E-state index in [9.17, 15) is 0 Å². The van der Waals surface area contributed by atoms with Crippen LogP contribution < -0.4 is 5.73 Å². The summed E-state index contributed by atoms with van der Waals surface area (Å²) in [5.41, 5.74) is 10.1. The summed E-state index contributed by atoms with van der Waals surface area (Å²) in [6.07, 6.45) is 3.82. The Kier molecular flexibility index (Phi) is 3.59. The summed E-state index contributed by atoms with van der Waals surface area (Å²) in [7, 11) is 0. The molecule has 0 saturated carbocycles. The minimum absolute atomic E-state index is 0.458. The summed E-state index contributed by atoms with van der Waals surface area (Å²) < 4.78 is 4.35. The molecule has 2 aromatic heterocycles. The van der Waals surface area contributed by atoms with Crippen molar-refractivity contribution in [1.29, 1.82) is 5.41 Å². The topological polar surface area (TPSA) is 54.8 Å². The van der Waals surface area contributed by atoms with Gasteiger partial charge in [0, 0.05) is 49.4 Å². The molecule has 4 heteroatoms. The number of thiophene rings is 1. The molecular weight excluding hydrogens is 350 g/mol. The van der Waals surface area contributed by atoms with Crippen LogP contribution in [0, 0.1) is 5.41 Å². The first kappa shape index (κ1) is 15.9. The Labute approximate surface area is 160 Å². The Bertz CT molecular complexity index is 1300. The number of rotatable bonds is 3. The van der Waals surface area contributed by atoms with Crippen molar-refractivity contribution in [3.8, 4) is 5.69 Å². The minimum Gasteiger partial charge on any atom is -0.397 e. The number of para-hydroxylation sites is 1. The zero-order chi connectivity index (χ0) is 18.4. The molecule has 0 amide bonds. The van der Waals surface area contributed by atoms with E-state index in [1.54, 1.807) is 11.3 Å². The number of nitrogens with zero attached hydrogens (tertiary/aromatic N) is 1. The van der Waals surface area contributed by atoms with Gasteiger partial charge in [0.1, 0.15) is 0 Å². The lowest BCUT2D eigenvalue weighted by Crippen LogP contribution is -2.03. The highest BCUT2D eigenvalue weighted by Gasteiger charge is 2.16. The summed E-state index contributed by atoms with van der Waals surface area (Å²) in [5.74, 6) is 0. The number of anilines is 1. The lowest BCUT2D eigenvalue weighted by atomic mass is 10.0. The minimum atomic E-state index is 0.458. The molecule has 3 aromatic carbocycles. The lowest BCUT2D eigenvalue weighted by Gasteiger charge is -2.05. The molecule has 0 bridgehead atoms. The zero-order valence-electron chi connectivity index (χ0n) is 14.5. The van der Waals surface area contributed by atoms with Crippen LogP contribution in [0.2, 0.25) is 0 Å². The Morgan fingerprint density at radius 1 is 0.778 bits per heavy atom. The molecule has 0 atom stereocenters. The van der Waals surface area contributed by atoms with Crippen LogP contribution in [0.3, 0.4) is 0 Å². The second kappa shape index (κ2) is 6.11. The average molecular weight is 367 g/mol. The first-order valence-electron chi connectivity index (χ1n) is 8.75. The van der Waals surface area contributed by atoms with E-state index in [0.29, 0.717) is 11.4 Å². The second-order valence-corrected chi connectivity index (χ2v) is 7.58. The summed E-state index contributed by atoms with van der Waals surface area (Å²) >= 11 is 1.73. The zero-order valence-corrected chi connectivity index (χ0v) is 15.3. The standard InChI is InChI=1S/C23H17N3S/c24-20-14-26(15-7-2-1-3-8-15)13-19(20)22(25)18-11-6-10-17-16-9-4-5-12-21(16)27-23(17)18/h1-14,25H,24H2. The number of nitrogens with two attached hydrogens (primary N) is 1. The van der Waals surface area contributed by atoms with E-state index in [1.807, 2.05) is 59.4 Å². The molecule has 0 radical (unpaired) electrons. The van der Waals surface area contributed by atoms with Crippen LogP contribution in [0.15, 0.2) is 85.2 Å². The van der Waals surface area contributed by atoms with Gasteiger partial charge in [-0.05, 0) is 18.2 Å². The lowest BCUT2D eigenvalue weighted by molar-refractivity contribution is 1.08. The van der Waals surface area contributed by atoms with Gasteiger partial charge in [0.05, 0.1) is 11.4 Å². The maximum Gasteiger partial charge on any atom is 0.0735 e. The molecule has 0 fully saturated rings. The number of aromatic nitrogens is 1. The van der Waals surface area contributed by atoms with Crippen molar-refractivity contribution >= 4 is 42.9 Å². The molecule has 0 spiro atoms. The Hall–Kier alpha value is -3.37. The largest absolute Gasteiger partial charge is 0.397 e. The summed E-state index contributed by atoms with van der Waals surface area (Å²) in [6.45, 7) is 0. The molecule has 0 unspecified atom stereocenters. The normalized spacial score (nSPS) is 11.3. The molecule has 0 aliphatic rings. The van der Waals surface area contributed by atoms with Gasteiger partial charge in [0.25, 0.3) is 0 Å². The Balaban J connectivity index is 1.66. The molecule has 0 saturated heterocycles. The van der Waals surface area contributed by atoms with Gasteiger partial charge in [0.2, 0.25) is 0 Å². The Morgan fingerprint density at radius 2 is 1.52 bits per heavy atom.